The molecule has 2 aliphatic rings. The number of anilines is 2. The first kappa shape index (κ1) is 21.1. The molecule has 0 saturated carbocycles. The van der Waals surface area contributed by atoms with Crippen molar-refractivity contribution >= 4 is 28.6 Å². The van der Waals surface area contributed by atoms with Gasteiger partial charge in [-0.15, -0.1) is 0 Å². The van der Waals surface area contributed by atoms with Gasteiger partial charge in [0.15, 0.2) is 11.5 Å². The molecule has 0 aliphatic carbocycles. The summed E-state index contributed by atoms with van der Waals surface area (Å²) in [5, 5.41) is 6.89. The van der Waals surface area contributed by atoms with Crippen LogP contribution >= 0.6 is 0 Å². The zero-order valence-electron chi connectivity index (χ0n) is 18.1. The second-order valence-corrected chi connectivity index (χ2v) is 8.77. The smallest absolute Gasteiger partial charge is 0.347 e. The lowest BCUT2D eigenvalue weighted by atomic mass is 10.2. The highest BCUT2D eigenvalue weighted by Gasteiger charge is 2.40. The van der Waals surface area contributed by atoms with Crippen LogP contribution in [-0.4, -0.2) is 66.7 Å². The third kappa shape index (κ3) is 3.42. The molecule has 0 radical (unpaired) electrons. The second-order valence-electron chi connectivity index (χ2n) is 8.77. The van der Waals surface area contributed by atoms with E-state index in [-0.39, 0.29) is 29.6 Å². The lowest BCUT2D eigenvalue weighted by Crippen LogP contribution is -2.52. The minimum atomic E-state index is -4.61. The first-order valence-corrected chi connectivity index (χ1v) is 10.9. The Morgan fingerprint density at radius 2 is 1.88 bits per heavy atom. The van der Waals surface area contributed by atoms with E-state index in [1.165, 1.54) is 6.07 Å². The molecule has 5 heterocycles. The number of aromatic nitrogens is 6. The molecule has 1 aromatic carbocycles. The van der Waals surface area contributed by atoms with Crippen molar-refractivity contribution in [3.8, 4) is 0 Å². The summed E-state index contributed by atoms with van der Waals surface area (Å²) in [7, 11) is 2.08. The highest BCUT2D eigenvalue weighted by molar-refractivity contribution is 5.75. The van der Waals surface area contributed by atoms with Gasteiger partial charge in [-0.1, -0.05) is 6.07 Å². The summed E-state index contributed by atoms with van der Waals surface area (Å²) in [6.45, 7) is 1.36. The first-order valence-electron chi connectivity index (χ1n) is 10.9. The van der Waals surface area contributed by atoms with E-state index in [9.17, 15) is 17.6 Å². The van der Waals surface area contributed by atoms with Gasteiger partial charge in [0.25, 0.3) is 0 Å². The lowest BCUT2D eigenvalue weighted by Gasteiger charge is -2.38. The Morgan fingerprint density at radius 3 is 2.59 bits per heavy atom. The van der Waals surface area contributed by atoms with Crippen LogP contribution in [0, 0.1) is 5.82 Å². The molecule has 34 heavy (non-hydrogen) atoms. The number of fused-ring (bicyclic) bond motifs is 4. The first-order chi connectivity index (χ1) is 16.3. The molecule has 2 aliphatic heterocycles. The van der Waals surface area contributed by atoms with Gasteiger partial charge in [0.2, 0.25) is 11.9 Å². The number of hydrogen-bond donors (Lipinski definition) is 2. The fraction of sp³-hybridized carbons (Fsp3) is 0.429. The molecule has 0 amide bonds. The van der Waals surface area contributed by atoms with Crippen molar-refractivity contribution in [2.24, 2.45) is 0 Å². The molecular weight excluding hydrogens is 454 g/mol. The number of nitrogens with one attached hydrogen (secondary N) is 2. The Hall–Kier alpha value is -3.48. The number of rotatable bonds is 4. The highest BCUT2D eigenvalue weighted by Crippen LogP contribution is 2.34. The highest BCUT2D eigenvalue weighted by atomic mass is 19.4. The Morgan fingerprint density at radius 1 is 1.12 bits per heavy atom. The van der Waals surface area contributed by atoms with E-state index < -0.39 is 17.6 Å². The van der Waals surface area contributed by atoms with Crippen LogP contribution in [0.3, 0.4) is 0 Å². The van der Waals surface area contributed by atoms with Gasteiger partial charge in [-0.05, 0) is 32.0 Å². The van der Waals surface area contributed by atoms with Crippen molar-refractivity contribution in [2.45, 2.75) is 37.6 Å². The largest absolute Gasteiger partial charge is 0.421 e. The standard InChI is InChI=1S/C21H21F4N9/c1-32-11-5-6-12(32)10-33(9-11)20-30-18-13(21(23,24)25)7-27-34(18)19(31-20)26-8-16-28-15-4-2-3-14(22)17(15)29-16/h2-4,7,11-12H,5-6,8-10H2,1H3,(H,28,29)(H,26,30,31). The van der Waals surface area contributed by atoms with Crippen LogP contribution in [-0.2, 0) is 12.7 Å². The summed E-state index contributed by atoms with van der Waals surface area (Å²) in [5.74, 6) is 0.275. The van der Waals surface area contributed by atoms with Crippen molar-refractivity contribution < 1.29 is 17.6 Å². The number of imidazole rings is 1. The van der Waals surface area contributed by atoms with Crippen LogP contribution in [0.15, 0.2) is 24.4 Å². The van der Waals surface area contributed by atoms with Gasteiger partial charge in [0.1, 0.15) is 16.9 Å². The van der Waals surface area contributed by atoms with Gasteiger partial charge in [0.05, 0.1) is 18.3 Å². The SMILES string of the molecule is CN1C2CCC1CN(c1nc(NCc3nc4c(F)cccc4[nH]3)n3ncc(C(F)(F)F)c3n1)C2. The van der Waals surface area contributed by atoms with Crippen molar-refractivity contribution in [2.75, 3.05) is 30.4 Å². The Labute approximate surface area is 190 Å². The number of H-pyrrole nitrogens is 1. The summed E-state index contributed by atoms with van der Waals surface area (Å²) in [4.78, 5) is 20.3. The predicted octanol–water partition coefficient (Wildman–Crippen LogP) is 3.05. The number of piperazine rings is 1. The number of alkyl halides is 3. The summed E-state index contributed by atoms with van der Waals surface area (Å²) >= 11 is 0. The van der Waals surface area contributed by atoms with Crippen LogP contribution < -0.4 is 10.2 Å². The number of benzene rings is 1. The molecule has 2 atom stereocenters. The Kier molecular flexibility index (Phi) is 4.66. The lowest BCUT2D eigenvalue weighted by molar-refractivity contribution is -0.136. The average molecular weight is 475 g/mol. The molecule has 2 bridgehead atoms. The maximum atomic E-state index is 14.0. The van der Waals surface area contributed by atoms with Gasteiger partial charge < -0.3 is 15.2 Å². The van der Waals surface area contributed by atoms with Crippen molar-refractivity contribution in [3.63, 3.8) is 0 Å². The average Bonchev–Trinajstić information content (AvgIpc) is 3.45. The molecule has 9 nitrogen and oxygen atoms in total. The van der Waals surface area contributed by atoms with Crippen LogP contribution in [0.5, 0.6) is 0 Å². The van der Waals surface area contributed by atoms with Crippen molar-refractivity contribution in [1.82, 2.24) is 34.4 Å². The molecular formula is C21H21F4N9. The minimum Gasteiger partial charge on any atom is -0.347 e. The molecule has 2 fully saturated rings. The molecule has 178 valence electrons. The second kappa shape index (κ2) is 7.52. The number of halogens is 4. The van der Waals surface area contributed by atoms with Crippen LogP contribution in [0.25, 0.3) is 16.7 Å². The van der Waals surface area contributed by atoms with Crippen molar-refractivity contribution in [3.05, 3.63) is 41.6 Å². The van der Waals surface area contributed by atoms with E-state index in [0.717, 1.165) is 23.6 Å². The number of likely N-dealkylation sites (N-methyl/N-ethyl adjacent to an activating group) is 1. The summed E-state index contributed by atoms with van der Waals surface area (Å²) in [6, 6.07) is 5.20. The Balaban J connectivity index is 1.37. The molecule has 4 aromatic rings. The van der Waals surface area contributed by atoms with E-state index in [1.54, 1.807) is 12.1 Å². The fourth-order valence-electron chi connectivity index (χ4n) is 4.89. The molecule has 13 heteroatoms. The fourth-order valence-corrected chi connectivity index (χ4v) is 4.89. The molecule has 2 saturated heterocycles. The van der Waals surface area contributed by atoms with Crippen LogP contribution in [0.4, 0.5) is 29.5 Å². The molecule has 3 aromatic heterocycles. The van der Waals surface area contributed by atoms with E-state index in [1.807, 2.05) is 4.90 Å². The van der Waals surface area contributed by atoms with E-state index in [2.05, 4.69) is 42.3 Å². The number of para-hydroxylation sites is 1. The van der Waals surface area contributed by atoms with E-state index in [0.29, 0.717) is 36.5 Å². The summed E-state index contributed by atoms with van der Waals surface area (Å²) in [5.41, 5.74) is -0.528. The Bertz CT molecular complexity index is 1360. The number of aromatic amines is 1. The van der Waals surface area contributed by atoms with Gasteiger partial charge in [-0.2, -0.15) is 32.8 Å². The minimum absolute atomic E-state index is 0.0782. The maximum absolute atomic E-state index is 14.0. The third-order valence-electron chi connectivity index (χ3n) is 6.72. The molecule has 6 rings (SSSR count). The van der Waals surface area contributed by atoms with Crippen LogP contribution in [0.2, 0.25) is 0 Å². The van der Waals surface area contributed by atoms with Gasteiger partial charge in [-0.25, -0.2) is 9.37 Å². The monoisotopic (exact) mass is 475 g/mol. The predicted molar refractivity (Wildman–Crippen MR) is 116 cm³/mol. The molecule has 2 N–H and O–H groups in total. The molecule has 0 spiro atoms. The summed E-state index contributed by atoms with van der Waals surface area (Å²) in [6.07, 6.45) is -1.78. The van der Waals surface area contributed by atoms with Gasteiger partial charge in [-0.3, -0.25) is 4.90 Å². The van der Waals surface area contributed by atoms with Crippen LogP contribution in [0.1, 0.15) is 24.2 Å². The maximum Gasteiger partial charge on any atom is 0.421 e. The van der Waals surface area contributed by atoms with E-state index >= 15 is 0 Å². The summed E-state index contributed by atoms with van der Waals surface area (Å²) < 4.78 is 56.0. The number of nitrogens with zero attached hydrogens (tertiary/aromatic N) is 7. The van der Waals surface area contributed by atoms with E-state index in [4.69, 9.17) is 0 Å². The quantitative estimate of drug-likeness (QED) is 0.439. The zero-order chi connectivity index (χ0) is 23.6. The third-order valence-corrected chi connectivity index (χ3v) is 6.72. The normalized spacial score (nSPS) is 21.1. The van der Waals surface area contributed by atoms with Gasteiger partial charge in [0, 0.05) is 25.2 Å². The molecule has 2 unspecified atom stereocenters. The topological polar surface area (TPSA) is 90.3 Å². The zero-order valence-corrected chi connectivity index (χ0v) is 18.1. The number of hydrogen-bond acceptors (Lipinski definition) is 7. The van der Waals surface area contributed by atoms with Gasteiger partial charge >= 0.3 is 6.18 Å². The van der Waals surface area contributed by atoms with Crippen molar-refractivity contribution in [1.29, 1.82) is 0 Å².